The number of hydrogen-bond acceptors (Lipinski definition) is 3. The predicted molar refractivity (Wildman–Crippen MR) is 353 cm³/mol. The predicted octanol–water partition coefficient (Wildman–Crippen LogP) is 19.7. The van der Waals surface area contributed by atoms with Crippen molar-refractivity contribution in [3.8, 4) is 5.69 Å². The molecule has 0 bridgehead atoms. The number of nitrogens with zero attached hydrogens (tertiary/aromatic N) is 3. The van der Waals surface area contributed by atoms with E-state index in [4.69, 9.17) is 0 Å². The molecule has 14 rings (SSSR count). The van der Waals surface area contributed by atoms with E-state index in [1.165, 1.54) is 151 Å². The van der Waals surface area contributed by atoms with Crippen LogP contribution in [0.25, 0.3) is 37.6 Å². The minimum absolute atomic E-state index is 0.00520. The van der Waals surface area contributed by atoms with Gasteiger partial charge in [0.1, 0.15) is 0 Å². The maximum Gasteiger partial charge on any atom is 0.264 e. The number of aromatic nitrogens is 1. The zero-order valence-corrected chi connectivity index (χ0v) is 52.9. The van der Waals surface area contributed by atoms with Gasteiger partial charge in [-0.15, -0.1) is 11.3 Å². The molecule has 0 unspecified atom stereocenters. The molecule has 0 atom stereocenters. The molecule has 2 aliphatic heterocycles. The lowest BCUT2D eigenvalue weighted by atomic mass is 9.35. The standard InChI is InChI=1S/C76H86BN3S/c1-69(2,3)45-35-46(70(4,5)6)37-48(36-45)79-62-43-57-56(74(13,14)32-33-75(57,15)16)42-59(62)77-66-63(79)39-49(78-60-25-21-19-23-50(60)51-24-20-22-26-61(51)78)40-64(66)80(47-27-28-53-54(38-47)72(9,10)30-29-71(53,7)8)67-52-41-55-58(44-65(52)81-68(67)77)76(17,18)34-31-73(55,11)12/h19-28,35-44H,29-34H2,1-18H3. The molecular weight excluding hydrogens is 998 g/mol. The lowest BCUT2D eigenvalue weighted by Gasteiger charge is -2.47. The van der Waals surface area contributed by atoms with Crippen LogP contribution in [-0.2, 0) is 43.3 Å². The van der Waals surface area contributed by atoms with Gasteiger partial charge in [0.2, 0.25) is 0 Å². The van der Waals surface area contributed by atoms with E-state index >= 15 is 0 Å². The summed E-state index contributed by atoms with van der Waals surface area (Å²) >= 11 is 2.09. The maximum atomic E-state index is 2.80. The van der Waals surface area contributed by atoms with Crippen LogP contribution in [0.3, 0.4) is 0 Å². The maximum absolute atomic E-state index is 2.80. The highest BCUT2D eigenvalue weighted by atomic mass is 32.1. The number of rotatable bonds is 3. The van der Waals surface area contributed by atoms with Gasteiger partial charge in [-0.05, 0) is 204 Å². The zero-order chi connectivity index (χ0) is 57.3. The minimum Gasteiger partial charge on any atom is -0.311 e. The van der Waals surface area contributed by atoms with E-state index in [0.29, 0.717) is 0 Å². The van der Waals surface area contributed by atoms with E-state index in [-0.39, 0.29) is 50.0 Å². The first-order valence-corrected chi connectivity index (χ1v) is 31.6. The van der Waals surface area contributed by atoms with Crippen LogP contribution in [0.15, 0.2) is 121 Å². The molecule has 0 saturated carbocycles. The molecule has 2 aromatic heterocycles. The van der Waals surface area contributed by atoms with Crippen molar-refractivity contribution in [3.63, 3.8) is 0 Å². The second kappa shape index (κ2) is 16.8. The van der Waals surface area contributed by atoms with Crippen molar-refractivity contribution in [3.05, 3.63) is 166 Å². The Morgan fingerprint density at radius 1 is 0.395 bits per heavy atom. The average molecular weight is 1080 g/mol. The molecule has 0 saturated heterocycles. The summed E-state index contributed by atoms with van der Waals surface area (Å²) in [6.45, 7) is 44.4. The topological polar surface area (TPSA) is 11.4 Å². The van der Waals surface area contributed by atoms with Gasteiger partial charge in [0.25, 0.3) is 6.71 Å². The van der Waals surface area contributed by atoms with Crippen molar-refractivity contribution in [2.75, 3.05) is 9.80 Å². The molecule has 7 aromatic carbocycles. The van der Waals surface area contributed by atoms with E-state index in [9.17, 15) is 0 Å². The fraction of sp³-hybridized carbons (Fsp3) is 0.421. The van der Waals surface area contributed by atoms with Crippen LogP contribution in [0.4, 0.5) is 34.1 Å². The summed E-state index contributed by atoms with van der Waals surface area (Å²) in [5, 5.41) is 3.95. The summed E-state index contributed by atoms with van der Waals surface area (Å²) in [5.41, 5.74) is 26.1. The van der Waals surface area contributed by atoms with Gasteiger partial charge in [-0.2, -0.15) is 0 Å². The first-order chi connectivity index (χ1) is 37.9. The Kier molecular flexibility index (Phi) is 11.0. The van der Waals surface area contributed by atoms with Crippen LogP contribution in [-0.4, -0.2) is 11.3 Å². The van der Waals surface area contributed by atoms with Crippen LogP contribution < -0.4 is 25.5 Å². The van der Waals surface area contributed by atoms with Gasteiger partial charge in [0, 0.05) is 54.1 Å². The number of benzene rings is 7. The minimum atomic E-state index is -0.0802. The highest BCUT2D eigenvalue weighted by Gasteiger charge is 2.50. The Hall–Kier alpha value is -6.04. The molecule has 9 aromatic rings. The van der Waals surface area contributed by atoms with Crippen LogP contribution >= 0.6 is 11.3 Å². The van der Waals surface area contributed by atoms with Crippen molar-refractivity contribution in [2.45, 2.75) is 206 Å². The molecular formula is C76H86BN3S. The van der Waals surface area contributed by atoms with Crippen molar-refractivity contribution < 1.29 is 0 Å². The molecule has 0 amide bonds. The summed E-state index contributed by atoms with van der Waals surface area (Å²) in [7, 11) is 0. The quantitative estimate of drug-likeness (QED) is 0.163. The molecule has 3 aliphatic carbocycles. The van der Waals surface area contributed by atoms with Gasteiger partial charge in [-0.3, -0.25) is 0 Å². The van der Waals surface area contributed by atoms with Gasteiger partial charge >= 0.3 is 0 Å². The number of thiophene rings is 1. The van der Waals surface area contributed by atoms with Gasteiger partial charge < -0.3 is 14.4 Å². The molecule has 0 spiro atoms. The molecule has 414 valence electrons. The average Bonchev–Trinajstić information content (AvgIpc) is 3.50. The molecule has 81 heavy (non-hydrogen) atoms. The summed E-state index contributed by atoms with van der Waals surface area (Å²) in [5.74, 6) is 0. The highest BCUT2D eigenvalue weighted by Crippen LogP contribution is 2.56. The molecule has 3 nitrogen and oxygen atoms in total. The zero-order valence-electron chi connectivity index (χ0n) is 52.1. The van der Waals surface area contributed by atoms with E-state index in [2.05, 4.69) is 272 Å². The van der Waals surface area contributed by atoms with E-state index in [1.807, 2.05) is 0 Å². The van der Waals surface area contributed by atoms with E-state index in [0.717, 1.165) is 19.3 Å². The summed E-state index contributed by atoms with van der Waals surface area (Å²) in [6.07, 6.45) is 7.03. The van der Waals surface area contributed by atoms with Crippen LogP contribution in [0.1, 0.15) is 208 Å². The first kappa shape index (κ1) is 53.0. The van der Waals surface area contributed by atoms with Crippen molar-refractivity contribution in [1.29, 1.82) is 0 Å². The third kappa shape index (κ3) is 7.77. The first-order valence-electron chi connectivity index (χ1n) is 30.7. The van der Waals surface area contributed by atoms with Crippen LogP contribution in [0.2, 0.25) is 0 Å². The van der Waals surface area contributed by atoms with Crippen molar-refractivity contribution in [2.24, 2.45) is 0 Å². The SMILES string of the molecule is CC(C)(C)c1cc(N2c3cc4c(cc3B3c5sc6cc7c(cc6c5N(c5ccc6c(c5)C(C)(C)CCC6(C)C)c5cc(-n6c8ccccc8c8ccccc86)cc2c53)C(C)(C)CCC7(C)C)C(C)(C)CCC4(C)C)cc(C(C)(C)C)c1. The molecule has 5 aliphatic rings. The number of hydrogen-bond donors (Lipinski definition) is 0. The number of anilines is 6. The molecule has 0 radical (unpaired) electrons. The number of fused-ring (bicyclic) bond motifs is 12. The van der Waals surface area contributed by atoms with Crippen LogP contribution in [0, 0.1) is 0 Å². The fourth-order valence-corrected chi connectivity index (χ4v) is 17.1. The normalized spacial score (nSPS) is 19.7. The smallest absolute Gasteiger partial charge is 0.264 e. The monoisotopic (exact) mass is 1080 g/mol. The lowest BCUT2D eigenvalue weighted by Crippen LogP contribution is -2.61. The summed E-state index contributed by atoms with van der Waals surface area (Å²) < 4.78 is 5.46. The van der Waals surface area contributed by atoms with E-state index < -0.39 is 0 Å². The Bertz CT molecular complexity index is 4090. The van der Waals surface area contributed by atoms with Gasteiger partial charge in [-0.25, -0.2) is 0 Å². The molecule has 4 heterocycles. The Morgan fingerprint density at radius 2 is 0.852 bits per heavy atom. The van der Waals surface area contributed by atoms with Gasteiger partial charge in [0.05, 0.1) is 22.4 Å². The summed E-state index contributed by atoms with van der Waals surface area (Å²) in [4.78, 5) is 5.57. The molecule has 0 fully saturated rings. The van der Waals surface area contributed by atoms with Crippen LogP contribution in [0.5, 0.6) is 0 Å². The highest BCUT2D eigenvalue weighted by molar-refractivity contribution is 7.33. The fourth-order valence-electron chi connectivity index (χ4n) is 15.8. The molecule has 5 heteroatoms. The van der Waals surface area contributed by atoms with Gasteiger partial charge in [0.15, 0.2) is 0 Å². The van der Waals surface area contributed by atoms with Gasteiger partial charge in [-0.1, -0.05) is 179 Å². The Labute approximate surface area is 489 Å². The third-order valence-corrected chi connectivity index (χ3v) is 22.6. The van der Waals surface area contributed by atoms with Crippen molar-refractivity contribution in [1.82, 2.24) is 4.57 Å². The number of para-hydroxylation sites is 2. The molecule has 0 N–H and O–H groups in total. The largest absolute Gasteiger partial charge is 0.311 e. The lowest BCUT2D eigenvalue weighted by molar-refractivity contribution is 0.332. The second-order valence-electron chi connectivity index (χ2n) is 31.8. The van der Waals surface area contributed by atoms with E-state index in [1.54, 1.807) is 0 Å². The second-order valence-corrected chi connectivity index (χ2v) is 32.9. The summed E-state index contributed by atoms with van der Waals surface area (Å²) in [6, 6.07) is 49.6. The third-order valence-electron chi connectivity index (χ3n) is 21.4. The Morgan fingerprint density at radius 3 is 1.38 bits per heavy atom. The Balaban J connectivity index is 1.20. The van der Waals surface area contributed by atoms with Crippen molar-refractivity contribution >= 4 is 99.8 Å².